The van der Waals surface area contributed by atoms with Crippen molar-refractivity contribution in [2.24, 2.45) is 0 Å². The summed E-state index contributed by atoms with van der Waals surface area (Å²) in [5.74, 6) is -0.384. The van der Waals surface area contributed by atoms with E-state index in [1.165, 1.54) is 35.7 Å². The van der Waals surface area contributed by atoms with E-state index in [4.69, 9.17) is 0 Å². The predicted octanol–water partition coefficient (Wildman–Crippen LogP) is 4.21. The topological polar surface area (TPSA) is 92.0 Å². The Morgan fingerprint density at radius 2 is 0.885 bits per heavy atom. The van der Waals surface area contributed by atoms with E-state index in [9.17, 15) is 10.2 Å². The molecular weight excluding hydrogens is 368 g/mol. The molecule has 134 valence electrons. The van der Waals surface area contributed by atoms with E-state index in [2.05, 4.69) is 19.9 Å². The molecule has 0 aliphatic rings. The quantitative estimate of drug-likeness (QED) is 0.509. The van der Waals surface area contributed by atoms with Crippen LogP contribution in [0.15, 0.2) is 44.4 Å². The van der Waals surface area contributed by atoms with Crippen molar-refractivity contribution in [3.8, 4) is 11.5 Å². The number of hydrogen-bond donors (Lipinski definition) is 2. The number of benzene rings is 1. The fraction of sp³-hybridized carbons (Fsp3) is 0.222. The third-order valence-corrected chi connectivity index (χ3v) is 5.34. The van der Waals surface area contributed by atoms with Gasteiger partial charge in [0, 0.05) is 32.6 Å². The van der Waals surface area contributed by atoms with Crippen molar-refractivity contribution in [1.29, 1.82) is 0 Å². The van der Waals surface area contributed by atoms with Crippen LogP contribution in [0.4, 0.5) is 0 Å². The van der Waals surface area contributed by atoms with Crippen molar-refractivity contribution in [3.05, 3.63) is 47.0 Å². The van der Waals surface area contributed by atoms with Gasteiger partial charge in [0.15, 0.2) is 21.8 Å². The zero-order valence-electron chi connectivity index (χ0n) is 14.8. The third-order valence-electron chi connectivity index (χ3n) is 3.37. The SMILES string of the molecule is Cc1cc(C)nc(Sc2cc(O)c(O)cc2Sc2nc(C)cc(C)n2)n1. The van der Waals surface area contributed by atoms with Gasteiger partial charge in [-0.3, -0.25) is 0 Å². The van der Waals surface area contributed by atoms with Crippen LogP contribution >= 0.6 is 23.5 Å². The van der Waals surface area contributed by atoms with E-state index >= 15 is 0 Å². The molecule has 3 aromatic rings. The van der Waals surface area contributed by atoms with Gasteiger partial charge in [-0.1, -0.05) is 0 Å². The van der Waals surface area contributed by atoms with Crippen molar-refractivity contribution in [1.82, 2.24) is 19.9 Å². The molecule has 6 nitrogen and oxygen atoms in total. The van der Waals surface area contributed by atoms with Crippen LogP contribution in [-0.4, -0.2) is 30.1 Å². The van der Waals surface area contributed by atoms with Crippen LogP contribution in [0.2, 0.25) is 0 Å². The molecule has 0 atom stereocenters. The Kier molecular flexibility index (Phi) is 5.33. The number of aromatic hydroxyl groups is 2. The molecule has 0 aliphatic heterocycles. The zero-order valence-corrected chi connectivity index (χ0v) is 16.4. The van der Waals surface area contributed by atoms with E-state index in [0.29, 0.717) is 10.3 Å². The molecule has 0 amide bonds. The number of rotatable bonds is 4. The van der Waals surface area contributed by atoms with Gasteiger partial charge >= 0.3 is 0 Å². The molecular formula is C18H18N4O2S2. The Labute approximate surface area is 160 Å². The first kappa shape index (κ1) is 18.5. The minimum atomic E-state index is -0.192. The Hall–Kier alpha value is -2.32. The smallest absolute Gasteiger partial charge is 0.192 e. The van der Waals surface area contributed by atoms with Crippen molar-refractivity contribution in [2.45, 2.75) is 47.8 Å². The monoisotopic (exact) mass is 386 g/mol. The maximum Gasteiger partial charge on any atom is 0.192 e. The van der Waals surface area contributed by atoms with Gasteiger partial charge in [0.25, 0.3) is 0 Å². The Morgan fingerprint density at radius 1 is 0.577 bits per heavy atom. The number of phenols is 2. The normalized spacial score (nSPS) is 10.9. The van der Waals surface area contributed by atoms with Crippen molar-refractivity contribution in [3.63, 3.8) is 0 Å². The summed E-state index contributed by atoms with van der Waals surface area (Å²) in [6, 6.07) is 6.81. The third kappa shape index (κ3) is 4.44. The summed E-state index contributed by atoms with van der Waals surface area (Å²) in [5, 5.41) is 21.0. The van der Waals surface area contributed by atoms with Crippen molar-refractivity contribution < 1.29 is 10.2 Å². The number of aromatic nitrogens is 4. The molecule has 0 aliphatic carbocycles. The van der Waals surface area contributed by atoms with Gasteiger partial charge in [-0.05, 0) is 75.5 Å². The molecule has 0 unspecified atom stereocenters. The molecule has 0 bridgehead atoms. The predicted molar refractivity (Wildman–Crippen MR) is 101 cm³/mol. The summed E-state index contributed by atoms with van der Waals surface area (Å²) in [4.78, 5) is 19.1. The largest absolute Gasteiger partial charge is 0.504 e. The van der Waals surface area contributed by atoms with Gasteiger partial charge < -0.3 is 10.2 Å². The lowest BCUT2D eigenvalue weighted by atomic mass is 10.3. The molecule has 0 saturated carbocycles. The van der Waals surface area contributed by atoms with E-state index < -0.39 is 0 Å². The van der Waals surface area contributed by atoms with Gasteiger partial charge in [-0.2, -0.15) is 0 Å². The van der Waals surface area contributed by atoms with Crippen LogP contribution < -0.4 is 0 Å². The van der Waals surface area contributed by atoms with E-state index in [1.54, 1.807) is 0 Å². The Bertz CT molecular complexity index is 861. The molecule has 3 rings (SSSR count). The minimum absolute atomic E-state index is 0.192. The maximum atomic E-state index is 9.92. The minimum Gasteiger partial charge on any atom is -0.504 e. The fourth-order valence-electron chi connectivity index (χ4n) is 2.37. The van der Waals surface area contributed by atoms with E-state index in [-0.39, 0.29) is 11.5 Å². The van der Waals surface area contributed by atoms with Crippen LogP contribution in [0, 0.1) is 27.7 Å². The lowest BCUT2D eigenvalue weighted by Crippen LogP contribution is -1.94. The molecule has 1 aromatic carbocycles. The summed E-state index contributed by atoms with van der Waals surface area (Å²) in [6.45, 7) is 7.64. The Morgan fingerprint density at radius 3 is 1.19 bits per heavy atom. The van der Waals surface area contributed by atoms with Crippen LogP contribution in [0.1, 0.15) is 22.8 Å². The highest BCUT2D eigenvalue weighted by Crippen LogP contribution is 2.42. The van der Waals surface area contributed by atoms with Gasteiger partial charge in [0.05, 0.1) is 0 Å². The van der Waals surface area contributed by atoms with E-state index in [1.807, 2.05) is 39.8 Å². The van der Waals surface area contributed by atoms with Crippen molar-refractivity contribution >= 4 is 23.5 Å². The van der Waals surface area contributed by atoms with Crippen LogP contribution in [0.5, 0.6) is 11.5 Å². The summed E-state index contributed by atoms with van der Waals surface area (Å²) in [6.07, 6.45) is 0. The van der Waals surface area contributed by atoms with E-state index in [0.717, 1.165) is 32.6 Å². The molecule has 2 heterocycles. The summed E-state index contributed by atoms with van der Waals surface area (Å²) < 4.78 is 0. The standard InChI is InChI=1S/C18H18N4O2S2/c1-9-5-10(2)20-17(19-9)25-15-7-13(23)14(24)8-16(15)26-18-21-11(3)6-12(4)22-18/h5-8,23-24H,1-4H3. The molecule has 0 spiro atoms. The molecule has 2 aromatic heterocycles. The number of aryl methyl sites for hydroxylation is 4. The molecule has 26 heavy (non-hydrogen) atoms. The average molecular weight is 387 g/mol. The molecule has 0 radical (unpaired) electrons. The van der Waals surface area contributed by atoms with Crippen LogP contribution in [0.25, 0.3) is 0 Å². The highest BCUT2D eigenvalue weighted by atomic mass is 32.2. The molecule has 8 heteroatoms. The van der Waals surface area contributed by atoms with Gasteiger partial charge in [-0.25, -0.2) is 19.9 Å². The van der Waals surface area contributed by atoms with Gasteiger partial charge in [0.1, 0.15) is 0 Å². The van der Waals surface area contributed by atoms with Gasteiger partial charge in [0.2, 0.25) is 0 Å². The number of nitrogens with zero attached hydrogens (tertiary/aromatic N) is 4. The molecule has 0 saturated heterocycles. The van der Waals surface area contributed by atoms with Gasteiger partial charge in [-0.15, -0.1) is 0 Å². The lowest BCUT2D eigenvalue weighted by molar-refractivity contribution is 0.400. The summed E-state index contributed by atoms with van der Waals surface area (Å²) in [5.41, 5.74) is 3.48. The highest BCUT2D eigenvalue weighted by Gasteiger charge is 2.15. The second kappa shape index (κ2) is 7.51. The van der Waals surface area contributed by atoms with Crippen LogP contribution in [0.3, 0.4) is 0 Å². The lowest BCUT2D eigenvalue weighted by Gasteiger charge is -2.11. The first-order valence-corrected chi connectivity index (χ1v) is 9.49. The second-order valence-corrected chi connectivity index (χ2v) is 7.88. The number of hydrogen-bond acceptors (Lipinski definition) is 8. The maximum absolute atomic E-state index is 9.92. The fourth-order valence-corrected chi connectivity index (χ4v) is 4.44. The van der Waals surface area contributed by atoms with Crippen LogP contribution in [-0.2, 0) is 0 Å². The Balaban J connectivity index is 2.00. The second-order valence-electron chi connectivity index (χ2n) is 5.86. The van der Waals surface area contributed by atoms with Crippen molar-refractivity contribution in [2.75, 3.05) is 0 Å². The average Bonchev–Trinajstić information content (AvgIpc) is 2.50. The first-order chi connectivity index (χ1) is 12.3. The molecule has 2 N–H and O–H groups in total. The highest BCUT2D eigenvalue weighted by molar-refractivity contribution is 8.02. The first-order valence-electron chi connectivity index (χ1n) is 7.86. The zero-order chi connectivity index (χ0) is 18.8. The summed E-state index contributed by atoms with van der Waals surface area (Å²) >= 11 is 2.65. The number of phenolic OH excluding ortho intramolecular Hbond substituents is 2. The molecule has 0 fully saturated rings. The summed E-state index contributed by atoms with van der Waals surface area (Å²) in [7, 11) is 0.